The molecule has 150 valence electrons. The van der Waals surface area contributed by atoms with E-state index in [-0.39, 0.29) is 11.5 Å². The minimum absolute atomic E-state index is 0.000313. The van der Waals surface area contributed by atoms with Crippen molar-refractivity contribution in [1.29, 1.82) is 10.5 Å². The molecule has 0 aromatic heterocycles. The molecule has 3 aromatic carbocycles. The zero-order valence-corrected chi connectivity index (χ0v) is 19.2. The highest BCUT2D eigenvalue weighted by Crippen LogP contribution is 2.52. The molecule has 1 aliphatic carbocycles. The summed E-state index contributed by atoms with van der Waals surface area (Å²) in [7, 11) is 0. The van der Waals surface area contributed by atoms with Crippen molar-refractivity contribution < 1.29 is 0 Å². The minimum atomic E-state index is -0.406. The number of nitrogens with zero attached hydrogens (tertiary/aromatic N) is 2. The van der Waals surface area contributed by atoms with Crippen LogP contribution in [0.4, 0.5) is 0 Å². The van der Waals surface area contributed by atoms with Crippen LogP contribution >= 0.6 is 22.6 Å². The number of benzene rings is 3. The van der Waals surface area contributed by atoms with Crippen LogP contribution in [0.15, 0.2) is 96.6 Å². The molecule has 3 heteroatoms. The van der Waals surface area contributed by atoms with Gasteiger partial charge in [-0.1, -0.05) is 120 Å². The van der Waals surface area contributed by atoms with Gasteiger partial charge in [-0.25, -0.2) is 0 Å². The molecule has 0 aliphatic heterocycles. The molecule has 2 unspecified atom stereocenters. The van der Waals surface area contributed by atoms with Crippen LogP contribution in [0, 0.1) is 28.6 Å². The van der Waals surface area contributed by atoms with Crippen molar-refractivity contribution in [1.82, 2.24) is 0 Å². The first-order chi connectivity index (χ1) is 15.2. The number of alkyl halides is 1. The lowest BCUT2D eigenvalue weighted by molar-refractivity contribution is 0.520. The summed E-state index contributed by atoms with van der Waals surface area (Å²) in [6.07, 6.45) is 6.18. The zero-order chi connectivity index (χ0) is 21.7. The van der Waals surface area contributed by atoms with Crippen molar-refractivity contribution in [3.63, 3.8) is 0 Å². The number of aryl methyl sites for hydroxylation is 1. The Morgan fingerprint density at radius 1 is 0.871 bits per heavy atom. The number of hydrogen-bond donors (Lipinski definition) is 0. The predicted molar refractivity (Wildman–Crippen MR) is 134 cm³/mol. The number of rotatable bonds is 4. The Bertz CT molecular complexity index is 1200. The van der Waals surface area contributed by atoms with Crippen LogP contribution in [0.5, 0.6) is 0 Å². The Balaban J connectivity index is 1.92. The minimum Gasteiger partial charge on any atom is -0.192 e. The molecule has 0 saturated carbocycles. The molecule has 1 aliphatic rings. The summed E-state index contributed by atoms with van der Waals surface area (Å²) in [6.45, 7) is 0. The molecule has 0 spiro atoms. The monoisotopic (exact) mass is 512 g/mol. The molecular formula is C28H21IN2. The third-order valence-corrected chi connectivity index (χ3v) is 7.63. The second kappa shape index (κ2) is 9.33. The van der Waals surface area contributed by atoms with E-state index in [1.165, 1.54) is 11.1 Å². The molecule has 0 fully saturated rings. The van der Waals surface area contributed by atoms with E-state index in [1.807, 2.05) is 36.4 Å². The Labute approximate surface area is 197 Å². The van der Waals surface area contributed by atoms with E-state index < -0.39 is 3.42 Å². The van der Waals surface area contributed by atoms with Gasteiger partial charge in [-0.2, -0.15) is 10.5 Å². The van der Waals surface area contributed by atoms with Crippen LogP contribution in [-0.2, 0) is 9.84 Å². The van der Waals surface area contributed by atoms with E-state index in [0.717, 1.165) is 29.5 Å². The third-order valence-electron chi connectivity index (χ3n) is 5.89. The summed E-state index contributed by atoms with van der Waals surface area (Å²) in [5.41, 5.74) is 5.60. The lowest BCUT2D eigenvalue weighted by Gasteiger charge is -2.39. The predicted octanol–water partition coefficient (Wildman–Crippen LogP) is 7.09. The summed E-state index contributed by atoms with van der Waals surface area (Å²) in [5.74, 6) is -0.000313. The van der Waals surface area contributed by atoms with Crippen LogP contribution in [0.25, 0.3) is 11.6 Å². The maximum atomic E-state index is 9.82. The normalized spacial score (nSPS) is 17.3. The SMILES string of the molecule is N#CC(C#N)=C1c2ccccc2CCC1C(I)(/C=C/c1ccccc1)c1ccccc1. The quantitative estimate of drug-likeness (QED) is 0.213. The molecule has 31 heavy (non-hydrogen) atoms. The van der Waals surface area contributed by atoms with Crippen molar-refractivity contribution in [2.24, 2.45) is 5.92 Å². The Hall–Kier alpha value is -3.15. The largest absolute Gasteiger partial charge is 0.192 e. The summed E-state index contributed by atoms with van der Waals surface area (Å²) in [5, 5.41) is 19.6. The van der Waals surface area contributed by atoms with Crippen LogP contribution < -0.4 is 0 Å². The van der Waals surface area contributed by atoms with Gasteiger partial charge in [0.1, 0.15) is 17.7 Å². The fourth-order valence-corrected chi connectivity index (χ4v) is 5.56. The topological polar surface area (TPSA) is 47.6 Å². The Morgan fingerprint density at radius 3 is 2.16 bits per heavy atom. The lowest BCUT2D eigenvalue weighted by atomic mass is 9.69. The second-order valence-electron chi connectivity index (χ2n) is 7.64. The highest BCUT2D eigenvalue weighted by Gasteiger charge is 2.41. The van der Waals surface area contributed by atoms with E-state index in [9.17, 15) is 10.5 Å². The number of halogens is 1. The molecule has 0 heterocycles. The Morgan fingerprint density at radius 2 is 1.48 bits per heavy atom. The molecule has 2 nitrogen and oxygen atoms in total. The van der Waals surface area contributed by atoms with E-state index >= 15 is 0 Å². The van der Waals surface area contributed by atoms with Gasteiger partial charge < -0.3 is 0 Å². The molecule has 0 bridgehead atoms. The summed E-state index contributed by atoms with van der Waals surface area (Å²) in [4.78, 5) is 0. The highest BCUT2D eigenvalue weighted by molar-refractivity contribution is 14.1. The van der Waals surface area contributed by atoms with E-state index in [1.54, 1.807) is 0 Å². The van der Waals surface area contributed by atoms with Gasteiger partial charge in [-0.05, 0) is 40.7 Å². The van der Waals surface area contributed by atoms with Crippen molar-refractivity contribution in [2.45, 2.75) is 16.3 Å². The Kier molecular flexibility index (Phi) is 6.35. The maximum absolute atomic E-state index is 9.82. The van der Waals surface area contributed by atoms with Gasteiger partial charge in [0.2, 0.25) is 0 Å². The molecule has 2 atom stereocenters. The lowest BCUT2D eigenvalue weighted by Crippen LogP contribution is -2.31. The molecule has 4 rings (SSSR count). The first-order valence-corrected chi connectivity index (χ1v) is 11.4. The standard InChI is InChI=1S/C28H21IN2/c29-28(24-12-5-2-6-13-24,18-17-21-9-3-1-4-10-21)26-16-15-22-11-7-8-14-25(22)27(26)23(19-30)20-31/h1-14,17-18,26H,15-16H2/b18-17+. The van der Waals surface area contributed by atoms with Gasteiger partial charge in [-0.15, -0.1) is 0 Å². The van der Waals surface area contributed by atoms with Crippen LogP contribution in [-0.4, -0.2) is 0 Å². The van der Waals surface area contributed by atoms with Gasteiger partial charge in [0, 0.05) is 5.92 Å². The zero-order valence-electron chi connectivity index (χ0n) is 17.0. The highest BCUT2D eigenvalue weighted by atomic mass is 127. The van der Waals surface area contributed by atoms with E-state index in [4.69, 9.17) is 0 Å². The maximum Gasteiger partial charge on any atom is 0.133 e. The van der Waals surface area contributed by atoms with Crippen molar-refractivity contribution in [3.8, 4) is 12.1 Å². The molecular weight excluding hydrogens is 491 g/mol. The van der Waals surface area contributed by atoms with Gasteiger partial charge in [0.25, 0.3) is 0 Å². The van der Waals surface area contributed by atoms with Gasteiger partial charge >= 0.3 is 0 Å². The van der Waals surface area contributed by atoms with Crippen LogP contribution in [0.3, 0.4) is 0 Å². The molecule has 0 radical (unpaired) electrons. The first-order valence-electron chi connectivity index (χ1n) is 10.3. The van der Waals surface area contributed by atoms with Crippen molar-refractivity contribution in [2.75, 3.05) is 0 Å². The van der Waals surface area contributed by atoms with Crippen LogP contribution in [0.1, 0.15) is 28.7 Å². The number of allylic oxidation sites excluding steroid dienone is 3. The smallest absolute Gasteiger partial charge is 0.133 e. The fraction of sp³-hybridized carbons (Fsp3) is 0.143. The average Bonchev–Trinajstić information content (AvgIpc) is 2.84. The van der Waals surface area contributed by atoms with Crippen molar-refractivity contribution in [3.05, 3.63) is 119 Å². The van der Waals surface area contributed by atoms with Crippen molar-refractivity contribution >= 4 is 34.2 Å². The number of fused-ring (bicyclic) bond motifs is 1. The average molecular weight is 512 g/mol. The summed E-state index contributed by atoms with van der Waals surface area (Å²) >= 11 is 2.53. The molecule has 0 saturated heterocycles. The van der Waals surface area contributed by atoms with E-state index in [2.05, 4.69) is 95.4 Å². The molecule has 0 amide bonds. The van der Waals surface area contributed by atoms with E-state index in [0.29, 0.717) is 0 Å². The third kappa shape index (κ3) is 4.20. The van der Waals surface area contributed by atoms with Gasteiger partial charge in [0.05, 0.1) is 3.42 Å². The van der Waals surface area contributed by atoms with Gasteiger partial charge in [-0.3, -0.25) is 0 Å². The first kappa shape index (κ1) is 21.1. The number of hydrogen-bond acceptors (Lipinski definition) is 2. The van der Waals surface area contributed by atoms with Gasteiger partial charge in [0.15, 0.2) is 0 Å². The summed E-state index contributed by atoms with van der Waals surface area (Å²) < 4.78 is -0.406. The molecule has 3 aromatic rings. The number of nitriles is 2. The molecule has 0 N–H and O–H groups in total. The summed E-state index contributed by atoms with van der Waals surface area (Å²) in [6, 6.07) is 33.2. The second-order valence-corrected chi connectivity index (χ2v) is 9.42. The van der Waals surface area contributed by atoms with Crippen LogP contribution in [0.2, 0.25) is 0 Å². The fourth-order valence-electron chi connectivity index (χ4n) is 4.40.